The fourth-order valence-corrected chi connectivity index (χ4v) is 3.84. The number of para-hydroxylation sites is 1. The quantitative estimate of drug-likeness (QED) is 0.433. The van der Waals surface area contributed by atoms with Crippen LogP contribution in [0.4, 0.5) is 27.4 Å². The fourth-order valence-electron chi connectivity index (χ4n) is 3.84. The first-order chi connectivity index (χ1) is 16.1. The summed E-state index contributed by atoms with van der Waals surface area (Å²) in [4.78, 5) is 21.8. The van der Waals surface area contributed by atoms with E-state index < -0.39 is 0 Å². The molecule has 3 heterocycles. The zero-order chi connectivity index (χ0) is 22.8. The first-order valence-corrected chi connectivity index (χ1v) is 10.8. The van der Waals surface area contributed by atoms with E-state index in [4.69, 9.17) is 0 Å². The Morgan fingerprint density at radius 1 is 1.00 bits per heavy atom. The lowest BCUT2D eigenvalue weighted by atomic mass is 10.1. The Hall–Kier alpha value is -3.98. The van der Waals surface area contributed by atoms with E-state index >= 15 is 0 Å². The minimum absolute atomic E-state index is 0.248. The number of nitrogens with zero attached hydrogens (tertiary/aromatic N) is 4. The average molecular weight is 446 g/mol. The van der Waals surface area contributed by atoms with Crippen molar-refractivity contribution in [2.24, 2.45) is 0 Å². The smallest absolute Gasteiger partial charge is 0.256 e. The summed E-state index contributed by atoms with van der Waals surface area (Å²) in [5, 5.41) is 13.5. The predicted molar refractivity (Wildman–Crippen MR) is 128 cm³/mol. The molecule has 2 aromatic heterocycles. The molecule has 9 heteroatoms. The summed E-state index contributed by atoms with van der Waals surface area (Å²) < 4.78 is 13.9. The van der Waals surface area contributed by atoms with E-state index in [0.29, 0.717) is 33.9 Å². The maximum Gasteiger partial charge on any atom is 0.256 e. The van der Waals surface area contributed by atoms with Gasteiger partial charge in [-0.2, -0.15) is 5.10 Å². The maximum absolute atomic E-state index is 13.9. The van der Waals surface area contributed by atoms with Crippen LogP contribution in [0, 0.1) is 5.82 Å². The van der Waals surface area contributed by atoms with Crippen molar-refractivity contribution < 1.29 is 9.18 Å². The van der Waals surface area contributed by atoms with E-state index in [1.807, 2.05) is 24.3 Å². The lowest BCUT2D eigenvalue weighted by Gasteiger charge is -2.34. The molecule has 5 rings (SSSR count). The number of benzene rings is 2. The highest BCUT2D eigenvalue weighted by atomic mass is 19.1. The number of rotatable bonds is 5. The number of pyridine rings is 1. The van der Waals surface area contributed by atoms with Gasteiger partial charge < -0.3 is 20.4 Å². The number of anilines is 4. The van der Waals surface area contributed by atoms with Gasteiger partial charge in [0.15, 0.2) is 11.5 Å². The second kappa shape index (κ2) is 8.87. The van der Waals surface area contributed by atoms with Gasteiger partial charge in [-0.05, 0) is 55.6 Å². The van der Waals surface area contributed by atoms with Gasteiger partial charge in [-0.1, -0.05) is 12.1 Å². The molecule has 0 bridgehead atoms. The Morgan fingerprint density at radius 3 is 2.52 bits per heavy atom. The van der Waals surface area contributed by atoms with Crippen molar-refractivity contribution >= 4 is 40.0 Å². The first-order valence-electron chi connectivity index (χ1n) is 10.8. The normalized spacial score (nSPS) is 14.4. The molecule has 0 aliphatic carbocycles. The Labute approximate surface area is 190 Å². The molecule has 1 saturated heterocycles. The van der Waals surface area contributed by atoms with Crippen LogP contribution < -0.4 is 15.5 Å². The minimum atomic E-state index is -0.365. The van der Waals surface area contributed by atoms with Crippen LogP contribution in [0.1, 0.15) is 10.4 Å². The number of hydrogen-bond acceptors (Lipinski definition) is 6. The molecule has 8 nitrogen and oxygen atoms in total. The van der Waals surface area contributed by atoms with Crippen molar-refractivity contribution in [2.45, 2.75) is 0 Å². The molecule has 3 N–H and O–H groups in total. The Kier molecular flexibility index (Phi) is 5.62. The predicted octanol–water partition coefficient (Wildman–Crippen LogP) is 3.84. The van der Waals surface area contributed by atoms with Gasteiger partial charge in [-0.3, -0.25) is 9.89 Å². The van der Waals surface area contributed by atoms with Crippen LogP contribution >= 0.6 is 0 Å². The fraction of sp³-hybridized carbons (Fsp3) is 0.208. The van der Waals surface area contributed by atoms with E-state index in [1.54, 1.807) is 30.3 Å². The topological polar surface area (TPSA) is 89.2 Å². The summed E-state index contributed by atoms with van der Waals surface area (Å²) in [6.45, 7) is 4.00. The molecule has 2 aromatic carbocycles. The lowest BCUT2D eigenvalue weighted by Crippen LogP contribution is -2.44. The monoisotopic (exact) mass is 445 g/mol. The van der Waals surface area contributed by atoms with Crippen LogP contribution in [0.3, 0.4) is 0 Å². The molecule has 1 aliphatic rings. The van der Waals surface area contributed by atoms with Gasteiger partial charge >= 0.3 is 0 Å². The van der Waals surface area contributed by atoms with Crippen LogP contribution in [-0.4, -0.2) is 59.2 Å². The van der Waals surface area contributed by atoms with E-state index in [9.17, 15) is 9.18 Å². The van der Waals surface area contributed by atoms with Gasteiger partial charge in [-0.15, -0.1) is 0 Å². The van der Waals surface area contributed by atoms with Crippen LogP contribution in [0.25, 0.3) is 11.0 Å². The highest BCUT2D eigenvalue weighted by molar-refractivity contribution is 6.07. The molecule has 4 aromatic rings. The van der Waals surface area contributed by atoms with Crippen LogP contribution in [0.15, 0.2) is 60.7 Å². The molecule has 0 radical (unpaired) electrons. The number of H-pyrrole nitrogens is 1. The SMILES string of the molecule is CN1CCN(c2ccc(C(=O)Nc3n[nH]c4nc(Nc5ccccc5F)ccc34)cc2)CC1. The van der Waals surface area contributed by atoms with Gasteiger partial charge in [-0.25, -0.2) is 9.37 Å². The van der Waals surface area contributed by atoms with Gasteiger partial charge in [0.05, 0.1) is 11.1 Å². The van der Waals surface area contributed by atoms with Crippen LogP contribution in [0.2, 0.25) is 0 Å². The van der Waals surface area contributed by atoms with Crippen molar-refractivity contribution in [3.05, 3.63) is 72.0 Å². The summed E-state index contributed by atoms with van der Waals surface area (Å²) in [5.41, 5.74) is 2.48. The molecule has 0 unspecified atom stereocenters. The number of amides is 1. The van der Waals surface area contributed by atoms with Gasteiger partial charge in [0, 0.05) is 37.4 Å². The number of nitrogens with one attached hydrogen (secondary N) is 3. The van der Waals surface area contributed by atoms with E-state index in [2.05, 4.69) is 42.7 Å². The average Bonchev–Trinajstić information content (AvgIpc) is 3.23. The second-order valence-electron chi connectivity index (χ2n) is 8.06. The number of likely N-dealkylation sites (N-methyl/N-ethyl adjacent to an activating group) is 1. The van der Waals surface area contributed by atoms with Gasteiger partial charge in [0.25, 0.3) is 5.91 Å². The molecule has 0 spiro atoms. The third kappa shape index (κ3) is 4.49. The van der Waals surface area contributed by atoms with Crippen molar-refractivity contribution in [3.63, 3.8) is 0 Å². The Morgan fingerprint density at radius 2 is 1.76 bits per heavy atom. The van der Waals surface area contributed by atoms with Crippen molar-refractivity contribution in [1.82, 2.24) is 20.1 Å². The molecule has 1 aliphatic heterocycles. The van der Waals surface area contributed by atoms with Crippen LogP contribution in [-0.2, 0) is 0 Å². The van der Waals surface area contributed by atoms with Crippen molar-refractivity contribution in [3.8, 4) is 0 Å². The lowest BCUT2D eigenvalue weighted by molar-refractivity contribution is 0.102. The number of aromatic nitrogens is 3. The molecule has 33 heavy (non-hydrogen) atoms. The minimum Gasteiger partial charge on any atom is -0.369 e. The Balaban J connectivity index is 1.28. The third-order valence-corrected chi connectivity index (χ3v) is 5.79. The Bertz CT molecular complexity index is 1280. The first kappa shape index (κ1) is 20.9. The second-order valence-corrected chi connectivity index (χ2v) is 8.06. The highest BCUT2D eigenvalue weighted by Gasteiger charge is 2.16. The maximum atomic E-state index is 13.9. The number of fused-ring (bicyclic) bond motifs is 1. The van der Waals surface area contributed by atoms with E-state index in [1.165, 1.54) is 6.07 Å². The molecular formula is C24H24FN7O. The zero-order valence-electron chi connectivity index (χ0n) is 18.2. The molecular weight excluding hydrogens is 421 g/mol. The highest BCUT2D eigenvalue weighted by Crippen LogP contribution is 2.24. The molecule has 168 valence electrons. The number of carbonyl (C=O) groups excluding carboxylic acids is 1. The molecule has 0 atom stereocenters. The molecule has 1 amide bonds. The van der Waals surface area contributed by atoms with Gasteiger partial charge in [0.1, 0.15) is 11.6 Å². The molecule has 1 fully saturated rings. The summed E-state index contributed by atoms with van der Waals surface area (Å²) in [7, 11) is 2.12. The largest absolute Gasteiger partial charge is 0.369 e. The van der Waals surface area contributed by atoms with Crippen molar-refractivity contribution in [2.75, 3.05) is 48.8 Å². The number of hydrogen-bond donors (Lipinski definition) is 3. The molecule has 0 saturated carbocycles. The number of piperazine rings is 1. The summed E-state index contributed by atoms with van der Waals surface area (Å²) in [6.07, 6.45) is 0. The van der Waals surface area contributed by atoms with Gasteiger partial charge in [0.2, 0.25) is 0 Å². The number of aromatic amines is 1. The van der Waals surface area contributed by atoms with E-state index in [-0.39, 0.29) is 11.7 Å². The van der Waals surface area contributed by atoms with Crippen molar-refractivity contribution in [1.29, 1.82) is 0 Å². The third-order valence-electron chi connectivity index (χ3n) is 5.79. The van der Waals surface area contributed by atoms with Crippen LogP contribution in [0.5, 0.6) is 0 Å². The standard InChI is InChI=1S/C24H24FN7O/c1-31-12-14-32(15-13-31)17-8-6-16(7-9-17)24(33)28-23-18-10-11-21(27-22(18)29-30-23)26-20-5-3-2-4-19(20)25/h2-11H,12-15H2,1H3,(H3,26,27,28,29,30,33). The summed E-state index contributed by atoms with van der Waals surface area (Å²) >= 11 is 0. The summed E-state index contributed by atoms with van der Waals surface area (Å²) in [6, 6.07) is 17.5. The number of halogens is 1. The van der Waals surface area contributed by atoms with E-state index in [0.717, 1.165) is 31.9 Å². The number of carbonyl (C=O) groups is 1. The zero-order valence-corrected chi connectivity index (χ0v) is 18.2. The summed E-state index contributed by atoms with van der Waals surface area (Å²) in [5.74, 6) is 0.245.